The number of epoxide rings is 2. The fourth-order valence-electron chi connectivity index (χ4n) is 4.49. The zero-order valence-electron chi connectivity index (χ0n) is 18.9. The quantitative estimate of drug-likeness (QED) is 0.508. The number of benzene rings is 2. The van der Waals surface area contributed by atoms with E-state index in [1.807, 2.05) is 12.1 Å². The summed E-state index contributed by atoms with van der Waals surface area (Å²) in [4.78, 5) is 0. The van der Waals surface area contributed by atoms with Gasteiger partial charge in [-0.05, 0) is 60.8 Å². The van der Waals surface area contributed by atoms with Crippen LogP contribution in [0.2, 0.25) is 0 Å². The van der Waals surface area contributed by atoms with Gasteiger partial charge in [0.05, 0.1) is 26.4 Å². The number of hydrogen-bond acceptors (Lipinski definition) is 5. The highest BCUT2D eigenvalue weighted by Gasteiger charge is 2.44. The first-order valence-electron chi connectivity index (χ1n) is 11.8. The van der Waals surface area contributed by atoms with Gasteiger partial charge in [-0.3, -0.25) is 0 Å². The monoisotopic (exact) mass is 450 g/mol. The Hall–Kier alpha value is -2.60. The van der Waals surface area contributed by atoms with Crippen molar-refractivity contribution in [3.8, 4) is 11.5 Å². The predicted molar refractivity (Wildman–Crippen MR) is 128 cm³/mol. The molecule has 0 aromatic heterocycles. The first-order valence-corrected chi connectivity index (χ1v) is 11.8. The molecule has 5 heteroatoms. The van der Waals surface area contributed by atoms with Gasteiger partial charge < -0.3 is 24.4 Å². The SMILES string of the molecule is C(OCC1CO1)C1CO1.C1=CC2C3C=CC(C3)C2C1.Oc1ccccc1.Oc1ccccc1. The van der Waals surface area contributed by atoms with Crippen LogP contribution in [-0.2, 0) is 14.2 Å². The lowest BCUT2D eigenvalue weighted by molar-refractivity contribution is 0.102. The molecule has 1 saturated carbocycles. The van der Waals surface area contributed by atoms with Crippen LogP contribution < -0.4 is 0 Å². The molecular weight excluding hydrogens is 416 g/mol. The van der Waals surface area contributed by atoms with Crippen LogP contribution in [-0.4, -0.2) is 48.8 Å². The molecule has 6 unspecified atom stereocenters. The Morgan fingerprint density at radius 1 is 0.727 bits per heavy atom. The van der Waals surface area contributed by atoms with Gasteiger partial charge in [-0.25, -0.2) is 0 Å². The van der Waals surface area contributed by atoms with Crippen molar-refractivity contribution < 1.29 is 24.4 Å². The highest BCUT2D eigenvalue weighted by Crippen LogP contribution is 2.52. The molecule has 5 nitrogen and oxygen atoms in total. The summed E-state index contributed by atoms with van der Waals surface area (Å²) in [6.45, 7) is 3.26. The second-order valence-electron chi connectivity index (χ2n) is 8.97. The number of allylic oxidation sites excluding steroid dienone is 4. The first-order chi connectivity index (χ1) is 16.2. The average Bonchev–Trinajstić information content (AvgIpc) is 3.69. The summed E-state index contributed by atoms with van der Waals surface area (Å²) in [6, 6.07) is 17.4. The van der Waals surface area contributed by atoms with E-state index in [0.717, 1.165) is 50.1 Å². The second kappa shape index (κ2) is 12.0. The van der Waals surface area contributed by atoms with Crippen LogP contribution in [0.25, 0.3) is 0 Å². The van der Waals surface area contributed by atoms with E-state index in [-0.39, 0.29) is 0 Å². The van der Waals surface area contributed by atoms with Crippen LogP contribution in [0.1, 0.15) is 12.8 Å². The van der Waals surface area contributed by atoms with Gasteiger partial charge in [0.15, 0.2) is 0 Å². The summed E-state index contributed by atoms with van der Waals surface area (Å²) in [5, 5.41) is 17.3. The van der Waals surface area contributed by atoms with Gasteiger partial charge in [0.1, 0.15) is 23.7 Å². The standard InChI is InChI=1S/C10H12.C6H10O3.2C6H6O/c1-2-9-7-4-5-8(6-7)10(9)3-1;1(5-3-8-5)7-2-6-4-9-6;2*7-6-4-2-1-3-5-6/h1-2,4-5,7-10H,3,6H2;5-6H,1-4H2;2*1-5,7H. The number of ether oxygens (including phenoxy) is 3. The Kier molecular flexibility index (Phi) is 8.59. The zero-order chi connectivity index (χ0) is 22.9. The van der Waals surface area contributed by atoms with E-state index in [4.69, 9.17) is 24.4 Å². The van der Waals surface area contributed by atoms with E-state index in [2.05, 4.69) is 24.3 Å². The predicted octanol–water partition coefficient (Wildman–Crippen LogP) is 4.97. The number of rotatable bonds is 4. The van der Waals surface area contributed by atoms with Gasteiger partial charge in [0, 0.05) is 0 Å². The number of hydrogen-bond donors (Lipinski definition) is 2. The number of fused-ring (bicyclic) bond motifs is 5. The lowest BCUT2D eigenvalue weighted by Crippen LogP contribution is -2.12. The van der Waals surface area contributed by atoms with Gasteiger partial charge in [0.25, 0.3) is 0 Å². The minimum atomic E-state index is 0.322. The maximum Gasteiger partial charge on any atom is 0.115 e. The van der Waals surface area contributed by atoms with Crippen LogP contribution in [0.5, 0.6) is 11.5 Å². The molecule has 2 aliphatic heterocycles. The molecule has 2 saturated heterocycles. The molecule has 3 fully saturated rings. The molecule has 0 radical (unpaired) electrons. The third kappa shape index (κ3) is 8.04. The first kappa shape index (κ1) is 23.6. The third-order valence-corrected chi connectivity index (χ3v) is 6.38. The molecule has 7 rings (SSSR count). The smallest absolute Gasteiger partial charge is 0.115 e. The van der Waals surface area contributed by atoms with E-state index in [1.165, 1.54) is 12.8 Å². The molecule has 2 aromatic rings. The van der Waals surface area contributed by atoms with Crippen molar-refractivity contribution in [2.75, 3.05) is 26.4 Å². The van der Waals surface area contributed by atoms with E-state index in [9.17, 15) is 0 Å². The van der Waals surface area contributed by atoms with Gasteiger partial charge in [-0.2, -0.15) is 0 Å². The summed E-state index contributed by atoms with van der Waals surface area (Å²) in [5.41, 5.74) is 0. The molecule has 2 bridgehead atoms. The summed E-state index contributed by atoms with van der Waals surface area (Å²) in [5.74, 6) is 4.47. The van der Waals surface area contributed by atoms with Gasteiger partial charge in [-0.1, -0.05) is 60.7 Å². The van der Waals surface area contributed by atoms with Crippen LogP contribution in [0.3, 0.4) is 0 Å². The van der Waals surface area contributed by atoms with Crippen molar-refractivity contribution in [2.45, 2.75) is 25.0 Å². The van der Waals surface area contributed by atoms with E-state index < -0.39 is 0 Å². The van der Waals surface area contributed by atoms with E-state index in [1.54, 1.807) is 48.5 Å². The lowest BCUT2D eigenvalue weighted by Gasteiger charge is -2.18. The Balaban J connectivity index is 0.000000106. The van der Waals surface area contributed by atoms with Gasteiger partial charge in [-0.15, -0.1) is 0 Å². The molecule has 33 heavy (non-hydrogen) atoms. The average molecular weight is 451 g/mol. The normalized spacial score (nSPS) is 30.7. The molecule has 2 heterocycles. The third-order valence-electron chi connectivity index (χ3n) is 6.38. The fraction of sp³-hybridized carbons (Fsp3) is 0.429. The lowest BCUT2D eigenvalue weighted by atomic mass is 9.86. The van der Waals surface area contributed by atoms with Crippen molar-refractivity contribution in [1.29, 1.82) is 0 Å². The van der Waals surface area contributed by atoms with E-state index >= 15 is 0 Å². The number of phenols is 2. The highest BCUT2D eigenvalue weighted by molar-refractivity contribution is 5.22. The summed E-state index contributed by atoms with van der Waals surface area (Å²) < 4.78 is 15.1. The fourth-order valence-corrected chi connectivity index (χ4v) is 4.49. The Bertz CT molecular complexity index is 824. The minimum absolute atomic E-state index is 0.322. The van der Waals surface area contributed by atoms with Crippen molar-refractivity contribution in [3.63, 3.8) is 0 Å². The topological polar surface area (TPSA) is 74.8 Å². The number of phenolic OH excluding ortho intramolecular Hbond substituents is 2. The highest BCUT2D eigenvalue weighted by atomic mass is 16.6. The van der Waals surface area contributed by atoms with Crippen LogP contribution in [0, 0.1) is 23.7 Å². The zero-order valence-corrected chi connectivity index (χ0v) is 18.9. The molecule has 2 aromatic carbocycles. The van der Waals surface area contributed by atoms with Crippen molar-refractivity contribution in [2.24, 2.45) is 23.7 Å². The number of para-hydroxylation sites is 2. The molecule has 6 atom stereocenters. The molecule has 2 N–H and O–H groups in total. The Labute approximate surface area is 196 Å². The van der Waals surface area contributed by atoms with Crippen molar-refractivity contribution in [3.05, 3.63) is 85.0 Å². The molecular formula is C28H34O5. The van der Waals surface area contributed by atoms with Crippen LogP contribution in [0.4, 0.5) is 0 Å². The summed E-state index contributed by atoms with van der Waals surface area (Å²) in [7, 11) is 0. The maximum absolute atomic E-state index is 8.63. The Morgan fingerprint density at radius 3 is 1.67 bits per heavy atom. The van der Waals surface area contributed by atoms with E-state index in [0.29, 0.717) is 23.7 Å². The number of aromatic hydroxyl groups is 2. The van der Waals surface area contributed by atoms with Gasteiger partial charge >= 0.3 is 0 Å². The summed E-state index contributed by atoms with van der Waals surface area (Å²) >= 11 is 0. The second-order valence-corrected chi connectivity index (χ2v) is 8.97. The minimum Gasteiger partial charge on any atom is -0.508 e. The molecule has 3 aliphatic carbocycles. The largest absolute Gasteiger partial charge is 0.508 e. The van der Waals surface area contributed by atoms with Crippen molar-refractivity contribution in [1.82, 2.24) is 0 Å². The maximum atomic E-state index is 8.63. The van der Waals surface area contributed by atoms with Gasteiger partial charge in [0.2, 0.25) is 0 Å². The van der Waals surface area contributed by atoms with Crippen molar-refractivity contribution >= 4 is 0 Å². The van der Waals surface area contributed by atoms with Crippen LogP contribution >= 0.6 is 0 Å². The molecule has 0 spiro atoms. The molecule has 0 amide bonds. The molecule has 5 aliphatic rings. The summed E-state index contributed by atoms with van der Waals surface area (Å²) in [6.07, 6.45) is 13.3. The van der Waals surface area contributed by atoms with Crippen LogP contribution in [0.15, 0.2) is 85.0 Å². The molecule has 176 valence electrons. The Morgan fingerprint density at radius 2 is 1.24 bits per heavy atom.